The van der Waals surface area contributed by atoms with Crippen molar-refractivity contribution in [1.29, 1.82) is 0 Å². The summed E-state index contributed by atoms with van der Waals surface area (Å²) in [7, 11) is 0. The third-order valence-electron chi connectivity index (χ3n) is 5.12. The van der Waals surface area contributed by atoms with Gasteiger partial charge in [0.25, 0.3) is 0 Å². The van der Waals surface area contributed by atoms with Crippen molar-refractivity contribution in [3.05, 3.63) is 53.4 Å². The van der Waals surface area contributed by atoms with E-state index in [1.165, 1.54) is 10.9 Å². The molecule has 0 atom stereocenters. The number of aromatic amines is 1. The van der Waals surface area contributed by atoms with Crippen LogP contribution in [0.3, 0.4) is 0 Å². The Labute approximate surface area is 175 Å². The van der Waals surface area contributed by atoms with Crippen LogP contribution in [-0.2, 0) is 6.42 Å². The molecule has 0 saturated carbocycles. The van der Waals surface area contributed by atoms with Crippen molar-refractivity contribution >= 4 is 34.4 Å². The molecule has 1 saturated heterocycles. The van der Waals surface area contributed by atoms with Gasteiger partial charge in [0.1, 0.15) is 0 Å². The molecular formula is C21H26ClN7. The van der Waals surface area contributed by atoms with E-state index >= 15 is 0 Å². The fraction of sp³-hybridized carbons (Fsp3) is 0.381. The summed E-state index contributed by atoms with van der Waals surface area (Å²) in [4.78, 5) is 21.4. The van der Waals surface area contributed by atoms with E-state index in [1.807, 2.05) is 24.3 Å². The number of guanidine groups is 1. The average Bonchev–Trinajstić information content (AvgIpc) is 3.16. The number of nitrogens with zero attached hydrogens (tertiary/aromatic N) is 5. The largest absolute Gasteiger partial charge is 0.361 e. The van der Waals surface area contributed by atoms with Crippen molar-refractivity contribution < 1.29 is 0 Å². The number of piperazine rings is 1. The van der Waals surface area contributed by atoms with Crippen LogP contribution in [0.25, 0.3) is 10.9 Å². The predicted octanol–water partition coefficient (Wildman–Crippen LogP) is 2.94. The number of fused-ring (bicyclic) bond motifs is 1. The van der Waals surface area contributed by atoms with Crippen LogP contribution < -0.4 is 10.2 Å². The smallest absolute Gasteiger partial charge is 0.225 e. The first-order chi connectivity index (χ1) is 14.2. The number of H-pyrrole nitrogens is 1. The molecule has 29 heavy (non-hydrogen) atoms. The highest BCUT2D eigenvalue weighted by molar-refractivity contribution is 6.31. The van der Waals surface area contributed by atoms with Crippen LogP contribution in [0.15, 0.2) is 47.8 Å². The van der Waals surface area contributed by atoms with E-state index in [0.29, 0.717) is 0 Å². The zero-order valence-corrected chi connectivity index (χ0v) is 17.4. The van der Waals surface area contributed by atoms with Crippen molar-refractivity contribution in [3.63, 3.8) is 0 Å². The van der Waals surface area contributed by atoms with Crippen molar-refractivity contribution in [3.8, 4) is 0 Å². The molecule has 0 radical (unpaired) electrons. The molecule has 152 valence electrons. The maximum absolute atomic E-state index is 6.16. The molecule has 0 amide bonds. The van der Waals surface area contributed by atoms with Crippen LogP contribution in [-0.4, -0.2) is 65.1 Å². The van der Waals surface area contributed by atoms with Gasteiger partial charge in [-0.3, -0.25) is 4.99 Å². The zero-order valence-electron chi connectivity index (χ0n) is 16.6. The topological polar surface area (TPSA) is 72.4 Å². The number of hydrogen-bond acceptors (Lipinski definition) is 4. The van der Waals surface area contributed by atoms with E-state index in [4.69, 9.17) is 16.6 Å². The summed E-state index contributed by atoms with van der Waals surface area (Å²) in [6.07, 6.45) is 6.51. The van der Waals surface area contributed by atoms with E-state index < -0.39 is 0 Å². The number of anilines is 1. The van der Waals surface area contributed by atoms with Crippen molar-refractivity contribution in [2.45, 2.75) is 13.3 Å². The molecule has 2 N–H and O–H groups in total. The van der Waals surface area contributed by atoms with E-state index in [0.717, 1.165) is 68.1 Å². The van der Waals surface area contributed by atoms with Crippen LogP contribution in [0.2, 0.25) is 5.02 Å². The number of nitrogens with one attached hydrogen (secondary N) is 2. The Morgan fingerprint density at radius 1 is 1.21 bits per heavy atom. The maximum Gasteiger partial charge on any atom is 0.225 e. The fourth-order valence-electron chi connectivity index (χ4n) is 3.64. The second-order valence-electron chi connectivity index (χ2n) is 7.01. The minimum Gasteiger partial charge on any atom is -0.361 e. The van der Waals surface area contributed by atoms with E-state index in [2.05, 4.69) is 43.2 Å². The lowest BCUT2D eigenvalue weighted by Crippen LogP contribution is -2.53. The zero-order chi connectivity index (χ0) is 20.1. The quantitative estimate of drug-likeness (QED) is 0.499. The summed E-state index contributed by atoms with van der Waals surface area (Å²) >= 11 is 6.16. The van der Waals surface area contributed by atoms with Crippen LogP contribution in [0.1, 0.15) is 12.5 Å². The number of aliphatic imine (C=N–C) groups is 1. The van der Waals surface area contributed by atoms with Crippen molar-refractivity contribution in [2.24, 2.45) is 4.99 Å². The molecular weight excluding hydrogens is 386 g/mol. The molecule has 1 fully saturated rings. The standard InChI is InChI=1S/C21H26ClN7/c1-2-23-20(28-10-12-29(13-11-28)21-24-7-3-8-25-21)26-9-6-16-15-27-19-5-4-17(22)14-18(16)19/h3-5,7-8,14-15,27H,2,6,9-13H2,1H3,(H,23,26). The maximum atomic E-state index is 6.16. The van der Waals surface area contributed by atoms with Crippen molar-refractivity contribution in [1.82, 2.24) is 25.2 Å². The molecule has 1 aliphatic rings. The SMILES string of the molecule is CCNC(=NCCc1c[nH]c2ccc(Cl)cc12)N1CCN(c2ncccn2)CC1. The van der Waals surface area contributed by atoms with Gasteiger partial charge >= 0.3 is 0 Å². The Hall–Kier alpha value is -2.80. The van der Waals surface area contributed by atoms with Crippen LogP contribution in [0.5, 0.6) is 0 Å². The summed E-state index contributed by atoms with van der Waals surface area (Å²) < 4.78 is 0. The number of benzene rings is 1. The first-order valence-electron chi connectivity index (χ1n) is 10.1. The third kappa shape index (κ3) is 4.62. The molecule has 8 heteroatoms. The van der Waals surface area contributed by atoms with Gasteiger partial charge in [-0.2, -0.15) is 0 Å². The van der Waals surface area contributed by atoms with E-state index in [9.17, 15) is 0 Å². The number of aromatic nitrogens is 3. The Bertz CT molecular complexity index is 962. The van der Waals surface area contributed by atoms with Gasteiger partial charge in [0.05, 0.1) is 0 Å². The highest BCUT2D eigenvalue weighted by atomic mass is 35.5. The van der Waals surface area contributed by atoms with Crippen LogP contribution in [0, 0.1) is 0 Å². The average molecular weight is 412 g/mol. The minimum atomic E-state index is 0.726. The Morgan fingerprint density at radius 2 is 2.00 bits per heavy atom. The molecule has 7 nitrogen and oxygen atoms in total. The van der Waals surface area contributed by atoms with Crippen LogP contribution >= 0.6 is 11.6 Å². The summed E-state index contributed by atoms with van der Waals surface area (Å²) in [6, 6.07) is 7.79. The van der Waals surface area contributed by atoms with Gasteiger partial charge in [0.15, 0.2) is 5.96 Å². The monoisotopic (exact) mass is 411 g/mol. The van der Waals surface area contributed by atoms with Gasteiger partial charge in [-0.05, 0) is 43.2 Å². The van der Waals surface area contributed by atoms with Gasteiger partial charge < -0.3 is 20.1 Å². The second kappa shape index (κ2) is 9.13. The Kier molecular flexibility index (Phi) is 6.14. The number of hydrogen-bond donors (Lipinski definition) is 2. The molecule has 0 bridgehead atoms. The predicted molar refractivity (Wildman–Crippen MR) is 119 cm³/mol. The molecule has 1 aliphatic heterocycles. The lowest BCUT2D eigenvalue weighted by Gasteiger charge is -2.36. The molecule has 0 spiro atoms. The van der Waals surface area contributed by atoms with E-state index in [-0.39, 0.29) is 0 Å². The van der Waals surface area contributed by atoms with Gasteiger partial charge in [0, 0.05) is 73.8 Å². The van der Waals surface area contributed by atoms with Gasteiger partial charge in [-0.25, -0.2) is 9.97 Å². The molecule has 2 aromatic heterocycles. The lowest BCUT2D eigenvalue weighted by atomic mass is 10.1. The third-order valence-corrected chi connectivity index (χ3v) is 5.36. The molecule has 4 rings (SSSR count). The van der Waals surface area contributed by atoms with Crippen molar-refractivity contribution in [2.75, 3.05) is 44.2 Å². The Balaban J connectivity index is 1.38. The fourth-order valence-corrected chi connectivity index (χ4v) is 3.81. The minimum absolute atomic E-state index is 0.726. The Morgan fingerprint density at radius 3 is 2.76 bits per heavy atom. The van der Waals surface area contributed by atoms with Gasteiger partial charge in [0.2, 0.25) is 5.95 Å². The first kappa shape index (κ1) is 19.5. The molecule has 3 heterocycles. The summed E-state index contributed by atoms with van der Waals surface area (Å²) in [6.45, 7) is 7.24. The van der Waals surface area contributed by atoms with Crippen LogP contribution in [0.4, 0.5) is 5.95 Å². The summed E-state index contributed by atoms with van der Waals surface area (Å²) in [5, 5.41) is 5.37. The first-order valence-corrected chi connectivity index (χ1v) is 10.4. The highest BCUT2D eigenvalue weighted by Crippen LogP contribution is 2.22. The lowest BCUT2D eigenvalue weighted by molar-refractivity contribution is 0.370. The van der Waals surface area contributed by atoms with Gasteiger partial charge in [-0.1, -0.05) is 11.6 Å². The van der Waals surface area contributed by atoms with E-state index in [1.54, 1.807) is 12.4 Å². The molecule has 1 aromatic carbocycles. The van der Waals surface area contributed by atoms with Gasteiger partial charge in [-0.15, -0.1) is 0 Å². The molecule has 0 aliphatic carbocycles. The number of rotatable bonds is 5. The summed E-state index contributed by atoms with van der Waals surface area (Å²) in [5.74, 6) is 1.77. The number of halogens is 1. The second-order valence-corrected chi connectivity index (χ2v) is 7.45. The normalized spacial score (nSPS) is 15.2. The summed E-state index contributed by atoms with van der Waals surface area (Å²) in [5.41, 5.74) is 2.35. The molecule has 3 aromatic rings. The highest BCUT2D eigenvalue weighted by Gasteiger charge is 2.21. The molecule has 0 unspecified atom stereocenters.